The van der Waals surface area contributed by atoms with Crippen molar-refractivity contribution in [2.45, 2.75) is 66.0 Å². The van der Waals surface area contributed by atoms with E-state index < -0.39 is 0 Å². The van der Waals surface area contributed by atoms with Crippen LogP contribution in [0.2, 0.25) is 0 Å². The Kier molecular flexibility index (Phi) is 7.33. The molecule has 2 unspecified atom stereocenters. The van der Waals surface area contributed by atoms with Crippen LogP contribution >= 0.6 is 0 Å². The lowest BCUT2D eigenvalue weighted by molar-refractivity contribution is -0.0116. The van der Waals surface area contributed by atoms with E-state index >= 15 is 0 Å². The van der Waals surface area contributed by atoms with E-state index in [1.165, 1.54) is 19.4 Å². The number of hydrogen-bond acceptors (Lipinski definition) is 3. The van der Waals surface area contributed by atoms with Gasteiger partial charge >= 0.3 is 0 Å². The van der Waals surface area contributed by atoms with Gasteiger partial charge in [0, 0.05) is 25.7 Å². The highest BCUT2D eigenvalue weighted by Crippen LogP contribution is 2.24. The van der Waals surface area contributed by atoms with Crippen LogP contribution < -0.4 is 5.32 Å². The zero-order valence-corrected chi connectivity index (χ0v) is 13.7. The Morgan fingerprint density at radius 2 is 2.11 bits per heavy atom. The maximum absolute atomic E-state index is 5.93. The van der Waals surface area contributed by atoms with Gasteiger partial charge < -0.3 is 15.0 Å². The van der Waals surface area contributed by atoms with E-state index in [0.717, 1.165) is 32.7 Å². The Hall–Kier alpha value is -0.120. The minimum atomic E-state index is 0.308. The molecule has 0 aromatic rings. The van der Waals surface area contributed by atoms with Crippen molar-refractivity contribution in [3.63, 3.8) is 0 Å². The Morgan fingerprint density at radius 1 is 1.37 bits per heavy atom. The standard InChI is InChI=1S/C16H34N2O/c1-6-11-19-15-9-8-10-18(12-15)13-16(4,5)14(3)17-7-2/h14-15,17H,6-13H2,1-5H3. The molecule has 114 valence electrons. The number of nitrogens with one attached hydrogen (secondary N) is 1. The molecule has 2 atom stereocenters. The van der Waals surface area contributed by atoms with Gasteiger partial charge in [0.1, 0.15) is 0 Å². The third-order valence-electron chi connectivity index (χ3n) is 4.33. The minimum absolute atomic E-state index is 0.308. The number of rotatable bonds is 8. The number of ether oxygens (including phenoxy) is 1. The summed E-state index contributed by atoms with van der Waals surface area (Å²) in [6.07, 6.45) is 4.10. The van der Waals surface area contributed by atoms with Gasteiger partial charge in [0.15, 0.2) is 0 Å². The SMILES string of the molecule is CCCOC1CCCN(CC(C)(C)C(C)NCC)C1. The van der Waals surface area contributed by atoms with Gasteiger partial charge in [-0.25, -0.2) is 0 Å². The monoisotopic (exact) mass is 270 g/mol. The molecule has 3 heteroatoms. The molecule has 0 spiro atoms. The van der Waals surface area contributed by atoms with Crippen molar-refractivity contribution >= 4 is 0 Å². The predicted octanol–water partition coefficient (Wildman–Crippen LogP) is 2.90. The molecule has 1 N–H and O–H groups in total. The van der Waals surface area contributed by atoms with Crippen LogP contribution in [0.4, 0.5) is 0 Å². The van der Waals surface area contributed by atoms with Gasteiger partial charge in [0.2, 0.25) is 0 Å². The van der Waals surface area contributed by atoms with Crippen molar-refractivity contribution in [1.82, 2.24) is 10.2 Å². The smallest absolute Gasteiger partial charge is 0.0702 e. The van der Waals surface area contributed by atoms with Crippen LogP contribution in [0.5, 0.6) is 0 Å². The molecule has 1 aliphatic rings. The van der Waals surface area contributed by atoms with Crippen LogP contribution in [-0.2, 0) is 4.74 Å². The zero-order valence-electron chi connectivity index (χ0n) is 13.7. The average Bonchev–Trinajstić information content (AvgIpc) is 2.36. The maximum Gasteiger partial charge on any atom is 0.0702 e. The summed E-state index contributed by atoms with van der Waals surface area (Å²) in [6, 6.07) is 0.550. The summed E-state index contributed by atoms with van der Waals surface area (Å²) in [5.74, 6) is 0. The fourth-order valence-corrected chi connectivity index (χ4v) is 2.87. The highest BCUT2D eigenvalue weighted by molar-refractivity contribution is 4.86. The molecule has 19 heavy (non-hydrogen) atoms. The second kappa shape index (κ2) is 8.23. The Balaban J connectivity index is 2.42. The van der Waals surface area contributed by atoms with E-state index in [-0.39, 0.29) is 0 Å². The van der Waals surface area contributed by atoms with Crippen molar-refractivity contribution in [2.24, 2.45) is 5.41 Å². The second-order valence-electron chi connectivity index (χ2n) is 6.64. The summed E-state index contributed by atoms with van der Waals surface area (Å²) in [6.45, 7) is 16.9. The van der Waals surface area contributed by atoms with Crippen LogP contribution in [0.25, 0.3) is 0 Å². The van der Waals surface area contributed by atoms with Gasteiger partial charge in [0.25, 0.3) is 0 Å². The summed E-state index contributed by atoms with van der Waals surface area (Å²) >= 11 is 0. The molecular weight excluding hydrogens is 236 g/mol. The first-order chi connectivity index (χ1) is 8.99. The van der Waals surface area contributed by atoms with Crippen LogP contribution in [0.3, 0.4) is 0 Å². The number of nitrogens with zero attached hydrogens (tertiary/aromatic N) is 1. The van der Waals surface area contributed by atoms with Gasteiger partial charge in [-0.3, -0.25) is 0 Å². The van der Waals surface area contributed by atoms with E-state index in [9.17, 15) is 0 Å². The molecule has 1 heterocycles. The topological polar surface area (TPSA) is 24.5 Å². The first kappa shape index (κ1) is 16.9. The fraction of sp³-hybridized carbons (Fsp3) is 1.00. The van der Waals surface area contributed by atoms with E-state index in [1.54, 1.807) is 0 Å². The maximum atomic E-state index is 5.93. The minimum Gasteiger partial charge on any atom is -0.377 e. The average molecular weight is 270 g/mol. The highest BCUT2D eigenvalue weighted by Gasteiger charge is 2.30. The van der Waals surface area contributed by atoms with Gasteiger partial charge in [-0.15, -0.1) is 0 Å². The quantitative estimate of drug-likeness (QED) is 0.734. The van der Waals surface area contributed by atoms with Crippen molar-refractivity contribution in [1.29, 1.82) is 0 Å². The summed E-state index contributed by atoms with van der Waals surface area (Å²) < 4.78 is 5.93. The van der Waals surface area contributed by atoms with Crippen molar-refractivity contribution in [3.8, 4) is 0 Å². The number of piperidine rings is 1. The molecular formula is C16H34N2O. The van der Waals surface area contributed by atoms with E-state index in [0.29, 0.717) is 17.6 Å². The number of hydrogen-bond donors (Lipinski definition) is 1. The summed E-state index contributed by atoms with van der Waals surface area (Å²) in [7, 11) is 0. The van der Waals surface area contributed by atoms with Gasteiger partial charge in [-0.05, 0) is 44.7 Å². The molecule has 0 radical (unpaired) electrons. The molecule has 1 saturated heterocycles. The van der Waals surface area contributed by atoms with Crippen molar-refractivity contribution in [2.75, 3.05) is 32.8 Å². The molecule has 1 rings (SSSR count). The molecule has 1 aliphatic heterocycles. The lowest BCUT2D eigenvalue weighted by Crippen LogP contribution is -2.50. The third kappa shape index (κ3) is 5.80. The molecule has 3 nitrogen and oxygen atoms in total. The molecule has 0 aliphatic carbocycles. The lowest BCUT2D eigenvalue weighted by atomic mass is 9.84. The molecule has 0 saturated carbocycles. The first-order valence-electron chi connectivity index (χ1n) is 8.07. The van der Waals surface area contributed by atoms with Crippen molar-refractivity contribution < 1.29 is 4.74 Å². The largest absolute Gasteiger partial charge is 0.377 e. The fourth-order valence-electron chi connectivity index (χ4n) is 2.87. The van der Waals surface area contributed by atoms with Gasteiger partial charge in [-0.2, -0.15) is 0 Å². The summed E-state index contributed by atoms with van der Waals surface area (Å²) in [5.41, 5.74) is 0.308. The van der Waals surface area contributed by atoms with E-state index in [2.05, 4.69) is 44.8 Å². The van der Waals surface area contributed by atoms with E-state index in [4.69, 9.17) is 4.74 Å². The Bertz CT molecular complexity index is 243. The summed E-state index contributed by atoms with van der Waals surface area (Å²) in [4.78, 5) is 2.59. The lowest BCUT2D eigenvalue weighted by Gasteiger charge is -2.40. The Labute approximate surface area is 120 Å². The second-order valence-corrected chi connectivity index (χ2v) is 6.64. The predicted molar refractivity (Wildman–Crippen MR) is 82.6 cm³/mol. The van der Waals surface area contributed by atoms with Crippen LogP contribution in [0, 0.1) is 5.41 Å². The zero-order chi connectivity index (χ0) is 14.3. The van der Waals surface area contributed by atoms with Crippen LogP contribution in [-0.4, -0.2) is 49.8 Å². The van der Waals surface area contributed by atoms with E-state index in [1.807, 2.05) is 0 Å². The van der Waals surface area contributed by atoms with Crippen LogP contribution in [0.15, 0.2) is 0 Å². The molecule has 0 aromatic heterocycles. The molecule has 0 amide bonds. The third-order valence-corrected chi connectivity index (χ3v) is 4.33. The Morgan fingerprint density at radius 3 is 2.74 bits per heavy atom. The number of likely N-dealkylation sites (tertiary alicyclic amines) is 1. The van der Waals surface area contributed by atoms with Crippen molar-refractivity contribution in [3.05, 3.63) is 0 Å². The highest BCUT2D eigenvalue weighted by atomic mass is 16.5. The van der Waals surface area contributed by atoms with Gasteiger partial charge in [0.05, 0.1) is 6.10 Å². The molecule has 1 fully saturated rings. The molecule has 0 aromatic carbocycles. The first-order valence-corrected chi connectivity index (χ1v) is 8.07. The molecule has 0 bridgehead atoms. The van der Waals surface area contributed by atoms with Crippen LogP contribution in [0.1, 0.15) is 53.9 Å². The normalized spacial score (nSPS) is 23.5. The van der Waals surface area contributed by atoms with Gasteiger partial charge in [-0.1, -0.05) is 27.7 Å². The summed E-state index contributed by atoms with van der Waals surface area (Å²) in [5, 5.41) is 3.56.